The largest absolute Gasteiger partial charge is 0.373 e. The highest BCUT2D eigenvalue weighted by Crippen LogP contribution is 2.27. The quantitative estimate of drug-likeness (QED) is 0.852. The van der Waals surface area contributed by atoms with Gasteiger partial charge in [0.15, 0.2) is 0 Å². The van der Waals surface area contributed by atoms with Gasteiger partial charge in [0.05, 0.1) is 10.7 Å². The van der Waals surface area contributed by atoms with E-state index in [0.717, 1.165) is 22.8 Å². The fourth-order valence-electron chi connectivity index (χ4n) is 1.63. The summed E-state index contributed by atoms with van der Waals surface area (Å²) >= 11 is 6.25. The van der Waals surface area contributed by atoms with Crippen molar-refractivity contribution in [3.63, 3.8) is 0 Å². The second-order valence-electron chi connectivity index (χ2n) is 4.27. The lowest BCUT2D eigenvalue weighted by atomic mass is 10.1. The molecule has 1 aromatic carbocycles. The number of halogens is 1. The van der Waals surface area contributed by atoms with Crippen LogP contribution >= 0.6 is 11.6 Å². The smallest absolute Gasteiger partial charge is 0.0642 e. The van der Waals surface area contributed by atoms with Crippen LogP contribution in [0.4, 0.5) is 5.69 Å². The van der Waals surface area contributed by atoms with Crippen LogP contribution in [0, 0.1) is 0 Å². The van der Waals surface area contributed by atoms with Crippen molar-refractivity contribution in [1.29, 1.82) is 0 Å². The summed E-state index contributed by atoms with van der Waals surface area (Å²) < 4.78 is 0. The Kier molecular flexibility index (Phi) is 5.10. The Hall–Kier alpha value is -0.730. The van der Waals surface area contributed by atoms with E-state index in [1.54, 1.807) is 0 Å². The molecule has 0 saturated heterocycles. The predicted molar refractivity (Wildman–Crippen MR) is 72.2 cm³/mol. The maximum absolute atomic E-state index is 6.25. The Labute approximate surface area is 103 Å². The third-order valence-corrected chi connectivity index (χ3v) is 3.06. The lowest BCUT2D eigenvalue weighted by molar-refractivity contribution is 0.765. The van der Waals surface area contributed by atoms with E-state index in [2.05, 4.69) is 24.9 Å². The molecule has 0 saturated carbocycles. The first-order chi connectivity index (χ1) is 7.56. The summed E-state index contributed by atoms with van der Waals surface area (Å²) in [6.45, 7) is 5.19. The van der Waals surface area contributed by atoms with Gasteiger partial charge in [0, 0.05) is 19.6 Å². The van der Waals surface area contributed by atoms with Gasteiger partial charge >= 0.3 is 0 Å². The first-order valence-corrected chi connectivity index (χ1v) is 6.20. The van der Waals surface area contributed by atoms with E-state index in [4.69, 9.17) is 17.3 Å². The molecule has 0 radical (unpaired) electrons. The van der Waals surface area contributed by atoms with E-state index in [9.17, 15) is 0 Å². The Balaban J connectivity index is 2.81. The maximum atomic E-state index is 6.25. The van der Waals surface area contributed by atoms with Gasteiger partial charge in [0.2, 0.25) is 0 Å². The number of hydrogen-bond acceptors (Lipinski definition) is 2. The molecule has 1 aromatic rings. The first kappa shape index (κ1) is 13.3. The topological polar surface area (TPSA) is 29.3 Å². The van der Waals surface area contributed by atoms with Gasteiger partial charge in [-0.25, -0.2) is 0 Å². The molecule has 1 rings (SSSR count). The summed E-state index contributed by atoms with van der Waals surface area (Å²) in [4.78, 5) is 2.19. The molecule has 0 fully saturated rings. The highest BCUT2D eigenvalue weighted by molar-refractivity contribution is 6.33. The van der Waals surface area contributed by atoms with E-state index in [0.29, 0.717) is 0 Å². The zero-order valence-corrected chi connectivity index (χ0v) is 11.1. The lowest BCUT2D eigenvalue weighted by Crippen LogP contribution is -2.18. The standard InChI is InChI=1S/C13H21ClN2/c1-4-5-8-16(3)13-7-6-11(10(2)15)9-12(13)14/h6-7,9-10H,4-5,8,15H2,1-3H3/t10-/m0/s1. The maximum Gasteiger partial charge on any atom is 0.0642 e. The molecule has 0 amide bonds. The van der Waals surface area contributed by atoms with Crippen LogP contribution in [-0.4, -0.2) is 13.6 Å². The highest BCUT2D eigenvalue weighted by Gasteiger charge is 2.08. The third-order valence-electron chi connectivity index (χ3n) is 2.76. The number of nitrogens with zero attached hydrogens (tertiary/aromatic N) is 1. The van der Waals surface area contributed by atoms with Crippen molar-refractivity contribution in [2.75, 3.05) is 18.5 Å². The Morgan fingerprint density at radius 3 is 2.62 bits per heavy atom. The molecule has 0 aliphatic carbocycles. The summed E-state index contributed by atoms with van der Waals surface area (Å²) in [6.07, 6.45) is 2.38. The number of nitrogens with two attached hydrogens (primary N) is 1. The highest BCUT2D eigenvalue weighted by atomic mass is 35.5. The van der Waals surface area contributed by atoms with Gasteiger partial charge in [-0.3, -0.25) is 0 Å². The van der Waals surface area contributed by atoms with Gasteiger partial charge in [-0.15, -0.1) is 0 Å². The Morgan fingerprint density at radius 1 is 1.44 bits per heavy atom. The van der Waals surface area contributed by atoms with Crippen LogP contribution in [0.3, 0.4) is 0 Å². The predicted octanol–water partition coefficient (Wildman–Crippen LogP) is 3.60. The number of rotatable bonds is 5. The lowest BCUT2D eigenvalue weighted by Gasteiger charge is -2.21. The SMILES string of the molecule is CCCCN(C)c1ccc([C@H](C)N)cc1Cl. The normalized spacial score (nSPS) is 12.6. The molecule has 16 heavy (non-hydrogen) atoms. The van der Waals surface area contributed by atoms with Crippen molar-refractivity contribution >= 4 is 17.3 Å². The summed E-state index contributed by atoms with van der Waals surface area (Å²) in [5.74, 6) is 0. The van der Waals surface area contributed by atoms with E-state index >= 15 is 0 Å². The molecule has 3 heteroatoms. The molecule has 0 bridgehead atoms. The van der Waals surface area contributed by atoms with Crippen LogP contribution in [0.1, 0.15) is 38.3 Å². The minimum absolute atomic E-state index is 0.0347. The van der Waals surface area contributed by atoms with E-state index < -0.39 is 0 Å². The zero-order valence-electron chi connectivity index (χ0n) is 10.3. The second-order valence-corrected chi connectivity index (χ2v) is 4.68. The van der Waals surface area contributed by atoms with Crippen LogP contribution < -0.4 is 10.6 Å². The van der Waals surface area contributed by atoms with Crippen molar-refractivity contribution in [3.8, 4) is 0 Å². The minimum Gasteiger partial charge on any atom is -0.373 e. The molecule has 0 aromatic heterocycles. The number of benzene rings is 1. The Morgan fingerprint density at radius 2 is 2.12 bits per heavy atom. The van der Waals surface area contributed by atoms with Crippen molar-refractivity contribution in [3.05, 3.63) is 28.8 Å². The van der Waals surface area contributed by atoms with Crippen LogP contribution in [0.5, 0.6) is 0 Å². The first-order valence-electron chi connectivity index (χ1n) is 5.82. The monoisotopic (exact) mass is 240 g/mol. The van der Waals surface area contributed by atoms with Crippen molar-refractivity contribution in [2.45, 2.75) is 32.7 Å². The summed E-state index contributed by atoms with van der Waals surface area (Å²) in [7, 11) is 2.07. The van der Waals surface area contributed by atoms with Crippen LogP contribution in [0.2, 0.25) is 5.02 Å². The van der Waals surface area contributed by atoms with Crippen LogP contribution in [-0.2, 0) is 0 Å². The van der Waals surface area contributed by atoms with Crippen molar-refractivity contribution < 1.29 is 0 Å². The van der Waals surface area contributed by atoms with Crippen molar-refractivity contribution in [1.82, 2.24) is 0 Å². The van der Waals surface area contributed by atoms with Gasteiger partial charge in [-0.05, 0) is 31.0 Å². The fraction of sp³-hybridized carbons (Fsp3) is 0.538. The number of unbranched alkanes of at least 4 members (excludes halogenated alkanes) is 1. The zero-order chi connectivity index (χ0) is 12.1. The average molecular weight is 241 g/mol. The van der Waals surface area contributed by atoms with Gasteiger partial charge in [-0.2, -0.15) is 0 Å². The number of hydrogen-bond donors (Lipinski definition) is 1. The molecule has 0 unspecified atom stereocenters. The molecule has 0 heterocycles. The third kappa shape index (κ3) is 3.39. The van der Waals surface area contributed by atoms with Gasteiger partial charge < -0.3 is 10.6 Å². The summed E-state index contributed by atoms with van der Waals surface area (Å²) in [6, 6.07) is 6.10. The molecule has 1 atom stereocenters. The van der Waals surface area contributed by atoms with E-state index in [-0.39, 0.29) is 6.04 Å². The summed E-state index contributed by atoms with van der Waals surface area (Å²) in [5.41, 5.74) is 7.98. The molecule has 0 aliphatic rings. The van der Waals surface area contributed by atoms with E-state index in [1.165, 1.54) is 12.8 Å². The molecular weight excluding hydrogens is 220 g/mol. The van der Waals surface area contributed by atoms with Gasteiger partial charge in [-0.1, -0.05) is 31.0 Å². The van der Waals surface area contributed by atoms with Gasteiger partial charge in [0.25, 0.3) is 0 Å². The Bertz CT molecular complexity index is 337. The van der Waals surface area contributed by atoms with Gasteiger partial charge in [0.1, 0.15) is 0 Å². The summed E-state index contributed by atoms with van der Waals surface area (Å²) in [5, 5.41) is 0.786. The van der Waals surface area contributed by atoms with Crippen LogP contribution in [0.15, 0.2) is 18.2 Å². The molecule has 2 N–H and O–H groups in total. The molecule has 2 nitrogen and oxygen atoms in total. The second kappa shape index (κ2) is 6.12. The molecule has 0 spiro atoms. The average Bonchev–Trinajstić information content (AvgIpc) is 2.25. The molecule has 0 aliphatic heterocycles. The molecular formula is C13H21ClN2. The van der Waals surface area contributed by atoms with Crippen LogP contribution in [0.25, 0.3) is 0 Å². The van der Waals surface area contributed by atoms with Crippen molar-refractivity contribution in [2.24, 2.45) is 5.73 Å². The minimum atomic E-state index is 0.0347. The van der Waals surface area contributed by atoms with E-state index in [1.807, 2.05) is 19.1 Å². The molecule has 90 valence electrons. The fourth-order valence-corrected chi connectivity index (χ4v) is 1.96. The number of anilines is 1.